The van der Waals surface area contributed by atoms with Crippen molar-refractivity contribution in [2.75, 3.05) is 6.54 Å². The first-order chi connectivity index (χ1) is 4.50. The first-order valence-corrected chi connectivity index (χ1v) is 3.54. The first-order valence-electron chi connectivity index (χ1n) is 2.58. The van der Waals surface area contributed by atoms with Crippen LogP contribution in [-0.2, 0) is 0 Å². The molecule has 10 heavy (non-hydrogen) atoms. The summed E-state index contributed by atoms with van der Waals surface area (Å²) in [7, 11) is -2.60. The van der Waals surface area contributed by atoms with Crippen LogP contribution in [0.3, 0.4) is 0 Å². The molecule has 3 N–H and O–H groups in total. The Hall–Kier alpha value is -0.130. The van der Waals surface area contributed by atoms with E-state index < -0.39 is 10.8 Å². The summed E-state index contributed by atoms with van der Waals surface area (Å²) in [6, 6.07) is 0. The molecule has 0 bridgehead atoms. The topological polar surface area (TPSA) is 92.4 Å². The van der Waals surface area contributed by atoms with Gasteiger partial charge < -0.3 is 15.1 Å². The van der Waals surface area contributed by atoms with Crippen molar-refractivity contribution in [3.8, 4) is 0 Å². The summed E-state index contributed by atoms with van der Waals surface area (Å²) in [6.07, 6.45) is 1.99. The van der Waals surface area contributed by atoms with Gasteiger partial charge in [0, 0.05) is 11.2 Å². The third-order valence-electron chi connectivity index (χ3n) is 0.526. The van der Waals surface area contributed by atoms with Gasteiger partial charge in [-0.3, -0.25) is 0 Å². The van der Waals surface area contributed by atoms with Crippen LogP contribution in [0.25, 0.3) is 0 Å². The number of rotatable bonds is 1. The predicted molar refractivity (Wildman–Crippen MR) is 30.7 cm³/mol. The fourth-order valence-electron chi connectivity index (χ4n) is 0.236. The Morgan fingerprint density at radius 3 is 1.90 bits per heavy atom. The van der Waals surface area contributed by atoms with E-state index in [0.717, 1.165) is 0 Å². The molecular formula is C5H12ClNO3. The monoisotopic (exact) mass is 169 g/mol. The van der Waals surface area contributed by atoms with Crippen molar-refractivity contribution in [1.29, 1.82) is 0 Å². The normalized spacial score (nSPS) is 8.30. The molecule has 4 nitrogen and oxygen atoms in total. The molecule has 0 fully saturated rings. The van der Waals surface area contributed by atoms with Gasteiger partial charge in [0.2, 0.25) is 0 Å². The Balaban J connectivity index is 0. The zero-order valence-corrected chi connectivity index (χ0v) is 6.76. The van der Waals surface area contributed by atoms with Crippen molar-refractivity contribution < 1.29 is 24.8 Å². The SMILES string of the molecule is CC(C)=CCN.[O-][Cl+2]([O-])O. The van der Waals surface area contributed by atoms with Crippen LogP contribution in [0.2, 0.25) is 0 Å². The van der Waals surface area contributed by atoms with Crippen LogP contribution in [0, 0.1) is 10.8 Å². The highest BCUT2D eigenvalue weighted by Gasteiger charge is 1.79. The minimum atomic E-state index is -2.60. The van der Waals surface area contributed by atoms with Gasteiger partial charge in [-0.05, 0) is 13.8 Å². The quantitative estimate of drug-likeness (QED) is 0.443. The third-order valence-corrected chi connectivity index (χ3v) is 0.526. The second-order valence-electron chi connectivity index (χ2n) is 1.72. The molecule has 0 aliphatic heterocycles. The summed E-state index contributed by atoms with van der Waals surface area (Å²) in [5.74, 6) is 0. The lowest BCUT2D eigenvalue weighted by molar-refractivity contribution is -1.63. The summed E-state index contributed by atoms with van der Waals surface area (Å²) in [4.78, 5) is 0. The summed E-state index contributed by atoms with van der Waals surface area (Å²) >= 11 is 0. The van der Waals surface area contributed by atoms with Gasteiger partial charge in [0.05, 0.1) is 0 Å². The standard InChI is InChI=1S/C5H11N.ClHO3/c1-5(2)3-4-6;2-1(3)4/h3H,4,6H2,1-2H3;2H. The second-order valence-corrected chi connectivity index (χ2v) is 2.12. The molecule has 0 heterocycles. The van der Waals surface area contributed by atoms with Gasteiger partial charge in [0.1, 0.15) is 0 Å². The largest absolute Gasteiger partial charge is 0.327 e. The minimum Gasteiger partial charge on any atom is -0.327 e. The molecule has 0 atom stereocenters. The molecule has 0 saturated carbocycles. The fourth-order valence-corrected chi connectivity index (χ4v) is 0.236. The molecule has 0 saturated heterocycles. The summed E-state index contributed by atoms with van der Waals surface area (Å²) in [5, 5.41) is 0. The Kier molecular flexibility index (Phi) is 11.1. The van der Waals surface area contributed by atoms with E-state index in [4.69, 9.17) is 19.7 Å². The number of halogens is 1. The predicted octanol–water partition coefficient (Wildman–Crippen LogP) is -2.02. The van der Waals surface area contributed by atoms with Gasteiger partial charge in [-0.15, -0.1) is 0 Å². The van der Waals surface area contributed by atoms with Crippen LogP contribution in [0.4, 0.5) is 0 Å². The van der Waals surface area contributed by atoms with E-state index in [1.807, 2.05) is 19.9 Å². The van der Waals surface area contributed by atoms with E-state index in [0.29, 0.717) is 6.54 Å². The Labute approximate surface area is 63.4 Å². The highest BCUT2D eigenvalue weighted by Crippen LogP contribution is 1.82. The van der Waals surface area contributed by atoms with Gasteiger partial charge >= 0.3 is 0 Å². The highest BCUT2D eigenvalue weighted by atomic mass is 35.6. The molecule has 62 valence electrons. The maximum Gasteiger partial charge on any atom is 0.282 e. The number of allylic oxidation sites excluding steroid dienone is 1. The van der Waals surface area contributed by atoms with Crippen molar-refractivity contribution >= 4 is 0 Å². The van der Waals surface area contributed by atoms with Crippen LogP contribution in [-0.4, -0.2) is 11.2 Å². The minimum absolute atomic E-state index is 0.669. The molecule has 0 rings (SSSR count). The molecule has 0 spiro atoms. The van der Waals surface area contributed by atoms with E-state index in [2.05, 4.69) is 0 Å². The van der Waals surface area contributed by atoms with Crippen LogP contribution in [0.1, 0.15) is 13.8 Å². The number of hydrogen-bond donors (Lipinski definition) is 2. The van der Waals surface area contributed by atoms with E-state index >= 15 is 0 Å². The van der Waals surface area contributed by atoms with E-state index in [1.54, 1.807) is 0 Å². The number of nitrogens with two attached hydrogens (primary N) is 1. The average molecular weight is 170 g/mol. The van der Waals surface area contributed by atoms with Gasteiger partial charge in [0.25, 0.3) is 10.8 Å². The molecule has 0 unspecified atom stereocenters. The van der Waals surface area contributed by atoms with Gasteiger partial charge in [-0.25, -0.2) is 0 Å². The lowest BCUT2D eigenvalue weighted by atomic mass is 10.3. The zero-order valence-electron chi connectivity index (χ0n) is 6.00. The molecule has 0 aliphatic rings. The van der Waals surface area contributed by atoms with Crippen LogP contribution in [0.15, 0.2) is 11.6 Å². The summed E-state index contributed by atoms with van der Waals surface area (Å²) in [5.41, 5.74) is 6.44. The molecule has 5 heteroatoms. The number of hydrogen-bond acceptors (Lipinski definition) is 4. The second kappa shape index (κ2) is 8.87. The zero-order chi connectivity index (χ0) is 8.57. The lowest BCUT2D eigenvalue weighted by Crippen LogP contribution is -2.30. The Morgan fingerprint density at radius 1 is 1.60 bits per heavy atom. The van der Waals surface area contributed by atoms with Gasteiger partial charge in [0.15, 0.2) is 0 Å². The molecule has 0 aliphatic carbocycles. The smallest absolute Gasteiger partial charge is 0.282 e. The maximum atomic E-state index is 8.52. The van der Waals surface area contributed by atoms with Crippen molar-refractivity contribution in [2.24, 2.45) is 5.73 Å². The Morgan fingerprint density at radius 2 is 1.90 bits per heavy atom. The molecule has 0 aromatic heterocycles. The molecule has 0 aromatic rings. The lowest BCUT2D eigenvalue weighted by Gasteiger charge is -1.80. The van der Waals surface area contributed by atoms with E-state index in [-0.39, 0.29) is 0 Å². The van der Waals surface area contributed by atoms with Crippen molar-refractivity contribution in [1.82, 2.24) is 0 Å². The van der Waals surface area contributed by atoms with Crippen LogP contribution in [0.5, 0.6) is 0 Å². The third kappa shape index (κ3) is 45.1. The van der Waals surface area contributed by atoms with E-state index in [1.165, 1.54) is 5.57 Å². The molecular weight excluding hydrogens is 158 g/mol. The highest BCUT2D eigenvalue weighted by molar-refractivity contribution is 4.93. The van der Waals surface area contributed by atoms with Crippen molar-refractivity contribution in [3.63, 3.8) is 0 Å². The molecule has 0 radical (unpaired) electrons. The van der Waals surface area contributed by atoms with Gasteiger partial charge in [-0.1, -0.05) is 11.6 Å². The first kappa shape index (κ1) is 12.5. The Bertz CT molecular complexity index is 88.1. The van der Waals surface area contributed by atoms with Crippen LogP contribution < -0.4 is 15.1 Å². The fraction of sp³-hybridized carbons (Fsp3) is 0.600. The molecule has 0 aromatic carbocycles. The molecule has 0 amide bonds. The van der Waals surface area contributed by atoms with E-state index in [9.17, 15) is 0 Å². The van der Waals surface area contributed by atoms with Crippen LogP contribution >= 0.6 is 0 Å². The average Bonchev–Trinajstić information content (AvgIpc) is 1.62. The maximum absolute atomic E-state index is 8.52. The van der Waals surface area contributed by atoms with Crippen molar-refractivity contribution in [3.05, 3.63) is 11.6 Å². The summed E-state index contributed by atoms with van der Waals surface area (Å²) < 4.78 is 24.0. The van der Waals surface area contributed by atoms with Gasteiger partial charge in [-0.2, -0.15) is 0 Å². The summed E-state index contributed by atoms with van der Waals surface area (Å²) in [6.45, 7) is 4.74. The van der Waals surface area contributed by atoms with Crippen molar-refractivity contribution in [2.45, 2.75) is 13.8 Å².